The van der Waals surface area contributed by atoms with Crippen LogP contribution in [0.4, 0.5) is 0 Å². The van der Waals surface area contributed by atoms with Crippen molar-refractivity contribution in [2.24, 2.45) is 0 Å². The van der Waals surface area contributed by atoms with Gasteiger partial charge in [0, 0.05) is 16.8 Å². The number of hydrogen-bond acceptors (Lipinski definition) is 2. The Kier molecular flexibility index (Phi) is 5.12. The molecule has 4 heteroatoms. The molecular weight excluding hydrogens is 392 g/mol. The molecule has 5 rings (SSSR count). The lowest BCUT2D eigenvalue weighted by Gasteiger charge is -2.12. The quantitative estimate of drug-likeness (QED) is 0.317. The summed E-state index contributed by atoms with van der Waals surface area (Å²) in [6.07, 6.45) is 0.750. The third-order valence-corrected chi connectivity index (χ3v) is 5.58. The molecule has 0 atom stereocenters. The third kappa shape index (κ3) is 3.77. The van der Waals surface area contributed by atoms with Gasteiger partial charge in [0.2, 0.25) is 0 Å². The summed E-state index contributed by atoms with van der Waals surface area (Å²) in [5.74, 6) is 1.94. The molecule has 5 aromatic rings. The van der Waals surface area contributed by atoms with Gasteiger partial charge in [-0.1, -0.05) is 72.3 Å². The van der Waals surface area contributed by atoms with Crippen molar-refractivity contribution in [3.05, 3.63) is 107 Å². The van der Waals surface area contributed by atoms with Crippen molar-refractivity contribution in [2.45, 2.75) is 13.0 Å². The van der Waals surface area contributed by atoms with Crippen molar-refractivity contribution in [2.75, 3.05) is 6.61 Å². The summed E-state index contributed by atoms with van der Waals surface area (Å²) in [4.78, 5) is 4.88. The number of para-hydroxylation sites is 2. The smallest absolute Gasteiger partial charge is 0.127 e. The van der Waals surface area contributed by atoms with E-state index in [9.17, 15) is 0 Å². The number of halogens is 1. The first kappa shape index (κ1) is 18.7. The van der Waals surface area contributed by atoms with Crippen molar-refractivity contribution in [1.29, 1.82) is 0 Å². The Morgan fingerprint density at radius 2 is 1.57 bits per heavy atom. The van der Waals surface area contributed by atoms with Crippen LogP contribution in [-0.2, 0) is 13.0 Å². The molecule has 0 spiro atoms. The first-order valence-corrected chi connectivity index (χ1v) is 10.4. The van der Waals surface area contributed by atoms with Gasteiger partial charge in [0.25, 0.3) is 0 Å². The van der Waals surface area contributed by atoms with E-state index in [0.29, 0.717) is 6.61 Å². The molecule has 3 nitrogen and oxygen atoms in total. The van der Waals surface area contributed by atoms with Crippen LogP contribution >= 0.6 is 11.6 Å². The number of fused-ring (bicyclic) bond motifs is 2. The van der Waals surface area contributed by atoms with E-state index in [2.05, 4.69) is 53.1 Å². The van der Waals surface area contributed by atoms with Gasteiger partial charge in [0.05, 0.1) is 17.6 Å². The van der Waals surface area contributed by atoms with Crippen LogP contribution in [0.25, 0.3) is 21.8 Å². The summed E-state index contributed by atoms with van der Waals surface area (Å²) >= 11 is 6.04. The zero-order valence-electron chi connectivity index (χ0n) is 16.5. The topological polar surface area (TPSA) is 27.1 Å². The van der Waals surface area contributed by atoms with Gasteiger partial charge < -0.3 is 9.30 Å². The Hall–Kier alpha value is -3.30. The van der Waals surface area contributed by atoms with Crippen molar-refractivity contribution in [3.8, 4) is 5.75 Å². The lowest BCUT2D eigenvalue weighted by atomic mass is 10.1. The number of aromatic nitrogens is 2. The summed E-state index contributed by atoms with van der Waals surface area (Å²) < 4.78 is 8.46. The van der Waals surface area contributed by atoms with Gasteiger partial charge in [0.1, 0.15) is 18.2 Å². The van der Waals surface area contributed by atoms with Gasteiger partial charge in [-0.2, -0.15) is 0 Å². The normalized spacial score (nSPS) is 11.2. The predicted molar refractivity (Wildman–Crippen MR) is 123 cm³/mol. The highest BCUT2D eigenvalue weighted by molar-refractivity contribution is 6.30. The number of ether oxygens (including phenoxy) is 1. The number of benzene rings is 4. The first-order chi connectivity index (χ1) is 14.8. The number of rotatable bonds is 6. The highest BCUT2D eigenvalue weighted by Crippen LogP contribution is 2.25. The first-order valence-electron chi connectivity index (χ1n) is 10.1. The molecular formula is C26H21ClN2O. The van der Waals surface area contributed by atoms with E-state index in [0.717, 1.165) is 46.0 Å². The lowest BCUT2D eigenvalue weighted by Crippen LogP contribution is -2.11. The van der Waals surface area contributed by atoms with Gasteiger partial charge in [-0.15, -0.1) is 0 Å². The molecule has 0 unspecified atom stereocenters. The molecule has 4 aromatic carbocycles. The second-order valence-electron chi connectivity index (χ2n) is 7.30. The van der Waals surface area contributed by atoms with Crippen LogP contribution in [0.15, 0.2) is 91.0 Å². The third-order valence-electron chi connectivity index (χ3n) is 5.33. The predicted octanol–water partition coefficient (Wildman–Crippen LogP) is 6.51. The second-order valence-corrected chi connectivity index (χ2v) is 7.73. The van der Waals surface area contributed by atoms with Crippen LogP contribution in [0.2, 0.25) is 5.02 Å². The highest BCUT2D eigenvalue weighted by atomic mass is 35.5. The highest BCUT2D eigenvalue weighted by Gasteiger charge is 2.11. The summed E-state index contributed by atoms with van der Waals surface area (Å²) in [6, 6.07) is 30.7. The standard InChI is InChI=1S/C26H21ClN2O/c27-21-14-12-19(13-15-21)18-26-28-23-9-3-4-10-24(23)29(26)16-17-30-25-11-5-7-20-6-1-2-8-22(20)25/h1-15H,16-18H2. The van der Waals surface area contributed by atoms with Crippen LogP contribution < -0.4 is 4.74 Å². The average Bonchev–Trinajstić information content (AvgIpc) is 3.12. The van der Waals surface area contributed by atoms with Crippen LogP contribution in [0.5, 0.6) is 5.75 Å². The minimum absolute atomic E-state index is 0.571. The summed E-state index contributed by atoms with van der Waals surface area (Å²) in [6.45, 7) is 1.30. The van der Waals surface area contributed by atoms with E-state index in [1.54, 1.807) is 0 Å². The van der Waals surface area contributed by atoms with Crippen molar-refractivity contribution >= 4 is 33.4 Å². The molecule has 0 fully saturated rings. The molecule has 0 saturated carbocycles. The number of nitrogens with zero attached hydrogens (tertiary/aromatic N) is 2. The largest absolute Gasteiger partial charge is 0.491 e. The maximum absolute atomic E-state index is 6.20. The molecule has 148 valence electrons. The Labute approximate surface area is 180 Å². The summed E-state index contributed by atoms with van der Waals surface area (Å²) in [7, 11) is 0. The zero-order chi connectivity index (χ0) is 20.3. The van der Waals surface area contributed by atoms with Crippen LogP contribution in [-0.4, -0.2) is 16.2 Å². The second kappa shape index (κ2) is 8.21. The van der Waals surface area contributed by atoms with Gasteiger partial charge in [-0.25, -0.2) is 4.98 Å². The molecule has 0 N–H and O–H groups in total. The van der Waals surface area contributed by atoms with Crippen molar-refractivity contribution in [3.63, 3.8) is 0 Å². The molecule has 30 heavy (non-hydrogen) atoms. The summed E-state index contributed by atoms with van der Waals surface area (Å²) in [5, 5.41) is 3.07. The van der Waals surface area contributed by atoms with E-state index >= 15 is 0 Å². The van der Waals surface area contributed by atoms with Crippen molar-refractivity contribution < 1.29 is 4.74 Å². The average molecular weight is 413 g/mol. The minimum atomic E-state index is 0.571. The zero-order valence-corrected chi connectivity index (χ0v) is 17.2. The molecule has 1 aromatic heterocycles. The Morgan fingerprint density at radius 3 is 2.47 bits per heavy atom. The fourth-order valence-corrected chi connectivity index (χ4v) is 3.99. The van der Waals surface area contributed by atoms with Gasteiger partial charge in [0.15, 0.2) is 0 Å². The Bertz CT molecular complexity index is 1300. The molecule has 0 saturated heterocycles. The molecule has 0 amide bonds. The van der Waals surface area contributed by atoms with Gasteiger partial charge in [-0.05, 0) is 41.3 Å². The summed E-state index contributed by atoms with van der Waals surface area (Å²) in [5.41, 5.74) is 3.32. The van der Waals surface area contributed by atoms with E-state index in [1.165, 1.54) is 10.9 Å². The SMILES string of the molecule is Clc1ccc(Cc2nc3ccccc3n2CCOc2cccc3ccccc23)cc1. The monoisotopic (exact) mass is 412 g/mol. The maximum atomic E-state index is 6.20. The van der Waals surface area contributed by atoms with E-state index in [4.69, 9.17) is 21.3 Å². The van der Waals surface area contributed by atoms with E-state index < -0.39 is 0 Å². The Balaban J connectivity index is 1.41. The number of imidazole rings is 1. The fraction of sp³-hybridized carbons (Fsp3) is 0.115. The van der Waals surface area contributed by atoms with Crippen LogP contribution in [0.1, 0.15) is 11.4 Å². The fourth-order valence-electron chi connectivity index (χ4n) is 3.86. The molecule has 0 bridgehead atoms. The molecule has 0 aliphatic rings. The van der Waals surface area contributed by atoms with Gasteiger partial charge >= 0.3 is 0 Å². The van der Waals surface area contributed by atoms with E-state index in [1.807, 2.05) is 42.5 Å². The molecule has 1 heterocycles. The van der Waals surface area contributed by atoms with Gasteiger partial charge in [-0.3, -0.25) is 0 Å². The van der Waals surface area contributed by atoms with E-state index in [-0.39, 0.29) is 0 Å². The molecule has 0 aliphatic carbocycles. The van der Waals surface area contributed by atoms with Crippen LogP contribution in [0, 0.1) is 0 Å². The molecule has 0 aliphatic heterocycles. The van der Waals surface area contributed by atoms with Crippen molar-refractivity contribution in [1.82, 2.24) is 9.55 Å². The minimum Gasteiger partial charge on any atom is -0.491 e. The van der Waals surface area contributed by atoms with Crippen LogP contribution in [0.3, 0.4) is 0 Å². The number of hydrogen-bond donors (Lipinski definition) is 0. The lowest BCUT2D eigenvalue weighted by molar-refractivity contribution is 0.302. The maximum Gasteiger partial charge on any atom is 0.127 e. The molecule has 0 radical (unpaired) electrons. The Morgan fingerprint density at radius 1 is 0.800 bits per heavy atom.